The molecule has 0 bridgehead atoms. The van der Waals surface area contributed by atoms with E-state index in [0.29, 0.717) is 0 Å². The molecule has 6 heteroatoms. The summed E-state index contributed by atoms with van der Waals surface area (Å²) in [6.07, 6.45) is -0.164. The molecule has 3 N–H and O–H groups in total. The summed E-state index contributed by atoms with van der Waals surface area (Å²) in [6, 6.07) is 0. The molecule has 0 saturated heterocycles. The summed E-state index contributed by atoms with van der Waals surface area (Å²) in [7, 11) is 0. The van der Waals surface area contributed by atoms with Crippen LogP contribution in [0.3, 0.4) is 0 Å². The van der Waals surface area contributed by atoms with Gasteiger partial charge in [0.1, 0.15) is 0 Å². The van der Waals surface area contributed by atoms with Gasteiger partial charge in [-0.2, -0.15) is 0 Å². The van der Waals surface area contributed by atoms with Crippen molar-refractivity contribution in [3.05, 3.63) is 0 Å². The lowest BCUT2D eigenvalue weighted by molar-refractivity contribution is -0.156. The van der Waals surface area contributed by atoms with Gasteiger partial charge in [-0.25, -0.2) is 0 Å². The molecule has 0 aromatic rings. The van der Waals surface area contributed by atoms with E-state index in [1.807, 2.05) is 0 Å². The highest BCUT2D eigenvalue weighted by Gasteiger charge is 2.31. The summed E-state index contributed by atoms with van der Waals surface area (Å²) < 4.78 is 0. The molecule has 0 aromatic carbocycles. The Labute approximate surface area is 80.2 Å². The summed E-state index contributed by atoms with van der Waals surface area (Å²) in [5, 5.41) is 25.6. The van der Waals surface area contributed by atoms with Gasteiger partial charge in [-0.3, -0.25) is 14.4 Å². The van der Waals surface area contributed by atoms with Gasteiger partial charge in [-0.1, -0.05) is 6.92 Å². The maximum Gasteiger partial charge on any atom is 0.317 e. The average molecular weight is 204 g/mol. The van der Waals surface area contributed by atoms with E-state index in [2.05, 4.69) is 0 Å². The maximum absolute atomic E-state index is 10.5. The maximum atomic E-state index is 10.5. The third kappa shape index (κ3) is 3.42. The minimum Gasteiger partial charge on any atom is -0.481 e. The summed E-state index contributed by atoms with van der Waals surface area (Å²) in [4.78, 5) is 31.4. The zero-order valence-corrected chi connectivity index (χ0v) is 7.64. The highest BCUT2D eigenvalue weighted by Crippen LogP contribution is 2.16. The Balaban J connectivity index is 4.49. The van der Waals surface area contributed by atoms with Crippen LogP contribution >= 0.6 is 0 Å². The lowest BCUT2D eigenvalue weighted by atomic mass is 9.93. The second-order valence-corrected chi connectivity index (χ2v) is 2.91. The first-order valence-electron chi connectivity index (χ1n) is 4.08. The van der Waals surface area contributed by atoms with Crippen LogP contribution in [0.5, 0.6) is 0 Å². The van der Waals surface area contributed by atoms with Gasteiger partial charge in [0, 0.05) is 0 Å². The molecule has 0 radical (unpaired) electrons. The Kier molecular flexibility index (Phi) is 4.62. The van der Waals surface area contributed by atoms with E-state index >= 15 is 0 Å². The topological polar surface area (TPSA) is 112 Å². The summed E-state index contributed by atoms with van der Waals surface area (Å²) in [5.41, 5.74) is 0. The predicted octanol–water partition coefficient (Wildman–Crippen LogP) is 0.273. The second-order valence-electron chi connectivity index (χ2n) is 2.91. The molecule has 14 heavy (non-hydrogen) atoms. The van der Waals surface area contributed by atoms with Crippen molar-refractivity contribution in [2.75, 3.05) is 0 Å². The Morgan fingerprint density at radius 3 is 1.64 bits per heavy atom. The minimum absolute atomic E-state index is 0.215. The van der Waals surface area contributed by atoms with Gasteiger partial charge in [0.25, 0.3) is 0 Å². The molecular weight excluding hydrogens is 192 g/mol. The van der Waals surface area contributed by atoms with Crippen LogP contribution in [0, 0.1) is 11.8 Å². The van der Waals surface area contributed by atoms with Crippen LogP contribution in [0.1, 0.15) is 19.8 Å². The molecule has 0 amide bonds. The van der Waals surface area contributed by atoms with Crippen molar-refractivity contribution < 1.29 is 29.7 Å². The summed E-state index contributed by atoms with van der Waals surface area (Å²) in [6.45, 7) is 1.57. The molecule has 1 unspecified atom stereocenters. The SMILES string of the molecule is CCC(CC(C(=O)O)C(=O)O)C(=O)O. The van der Waals surface area contributed by atoms with Crippen LogP contribution in [0.25, 0.3) is 0 Å². The molecule has 0 aliphatic carbocycles. The molecule has 80 valence electrons. The molecular formula is C8H12O6. The van der Waals surface area contributed by atoms with Crippen LogP contribution < -0.4 is 0 Å². The fraction of sp³-hybridized carbons (Fsp3) is 0.625. The van der Waals surface area contributed by atoms with E-state index in [1.165, 1.54) is 0 Å². The number of aliphatic carboxylic acids is 3. The number of carboxylic acids is 3. The van der Waals surface area contributed by atoms with E-state index in [0.717, 1.165) is 0 Å². The van der Waals surface area contributed by atoms with Crippen LogP contribution in [0.15, 0.2) is 0 Å². The third-order valence-electron chi connectivity index (χ3n) is 1.96. The molecule has 0 aromatic heterocycles. The van der Waals surface area contributed by atoms with E-state index in [9.17, 15) is 14.4 Å². The molecule has 0 fully saturated rings. The normalized spacial score (nSPS) is 12.4. The Morgan fingerprint density at radius 2 is 1.43 bits per heavy atom. The largest absolute Gasteiger partial charge is 0.481 e. The zero-order chi connectivity index (χ0) is 11.3. The van der Waals surface area contributed by atoms with Crippen molar-refractivity contribution in [1.29, 1.82) is 0 Å². The predicted molar refractivity (Wildman–Crippen MR) is 44.8 cm³/mol. The number of hydrogen-bond acceptors (Lipinski definition) is 3. The Bertz CT molecular complexity index is 232. The van der Waals surface area contributed by atoms with Crippen molar-refractivity contribution in [1.82, 2.24) is 0 Å². The van der Waals surface area contributed by atoms with Gasteiger partial charge >= 0.3 is 17.9 Å². The van der Waals surface area contributed by atoms with Gasteiger partial charge in [0.2, 0.25) is 0 Å². The molecule has 0 heterocycles. The molecule has 0 saturated carbocycles. The number of carboxylic acid groups (broad SMARTS) is 3. The van der Waals surface area contributed by atoms with Gasteiger partial charge in [0.15, 0.2) is 5.92 Å². The lowest BCUT2D eigenvalue weighted by Crippen LogP contribution is -2.28. The quantitative estimate of drug-likeness (QED) is 0.535. The first-order chi connectivity index (χ1) is 6.40. The number of rotatable bonds is 6. The average Bonchev–Trinajstić information content (AvgIpc) is 2.03. The fourth-order valence-electron chi connectivity index (χ4n) is 1.03. The van der Waals surface area contributed by atoms with Gasteiger partial charge in [-0.05, 0) is 12.8 Å². The molecule has 1 atom stereocenters. The molecule has 0 aliphatic rings. The monoisotopic (exact) mass is 204 g/mol. The van der Waals surface area contributed by atoms with Crippen LogP contribution in [-0.2, 0) is 14.4 Å². The van der Waals surface area contributed by atoms with Gasteiger partial charge in [0.05, 0.1) is 5.92 Å². The van der Waals surface area contributed by atoms with Crippen LogP contribution in [0.2, 0.25) is 0 Å². The van der Waals surface area contributed by atoms with Crippen molar-refractivity contribution in [3.8, 4) is 0 Å². The Hall–Kier alpha value is -1.59. The van der Waals surface area contributed by atoms with Crippen molar-refractivity contribution in [2.45, 2.75) is 19.8 Å². The van der Waals surface area contributed by atoms with Crippen LogP contribution in [-0.4, -0.2) is 33.2 Å². The lowest BCUT2D eigenvalue weighted by Gasteiger charge is -2.12. The van der Waals surface area contributed by atoms with E-state index in [-0.39, 0.29) is 12.8 Å². The highest BCUT2D eigenvalue weighted by atomic mass is 16.4. The third-order valence-corrected chi connectivity index (χ3v) is 1.96. The molecule has 0 aliphatic heterocycles. The van der Waals surface area contributed by atoms with Crippen molar-refractivity contribution >= 4 is 17.9 Å². The van der Waals surface area contributed by atoms with Crippen molar-refractivity contribution in [3.63, 3.8) is 0 Å². The van der Waals surface area contributed by atoms with E-state index < -0.39 is 29.7 Å². The van der Waals surface area contributed by atoms with Crippen molar-refractivity contribution in [2.24, 2.45) is 11.8 Å². The molecule has 0 rings (SSSR count). The standard InChI is InChI=1S/C8H12O6/c1-2-4(6(9)10)3-5(7(11)12)8(13)14/h4-5H,2-3H2,1H3,(H,9,10)(H,11,12)(H,13,14). The van der Waals surface area contributed by atoms with E-state index in [4.69, 9.17) is 15.3 Å². The van der Waals surface area contributed by atoms with E-state index in [1.54, 1.807) is 6.92 Å². The van der Waals surface area contributed by atoms with Gasteiger partial charge < -0.3 is 15.3 Å². The summed E-state index contributed by atoms with van der Waals surface area (Å²) in [5.74, 6) is -6.74. The van der Waals surface area contributed by atoms with Gasteiger partial charge in [-0.15, -0.1) is 0 Å². The van der Waals surface area contributed by atoms with Crippen LogP contribution in [0.4, 0.5) is 0 Å². The first kappa shape index (κ1) is 12.4. The Morgan fingerprint density at radius 1 is 1.00 bits per heavy atom. The molecule has 6 nitrogen and oxygen atoms in total. The number of hydrogen-bond donors (Lipinski definition) is 3. The minimum atomic E-state index is -1.64. The number of carbonyl (C=O) groups is 3. The fourth-order valence-corrected chi connectivity index (χ4v) is 1.03. The zero-order valence-electron chi connectivity index (χ0n) is 7.64. The summed E-state index contributed by atoms with van der Waals surface area (Å²) >= 11 is 0. The first-order valence-corrected chi connectivity index (χ1v) is 4.08. The smallest absolute Gasteiger partial charge is 0.317 e. The highest BCUT2D eigenvalue weighted by molar-refractivity contribution is 5.93. The molecule has 0 spiro atoms. The second kappa shape index (κ2) is 5.21.